The van der Waals surface area contributed by atoms with Crippen molar-refractivity contribution in [2.75, 3.05) is 7.05 Å². The Kier molecular flexibility index (Phi) is 3.71. The lowest BCUT2D eigenvalue weighted by Crippen LogP contribution is -2.06. The number of aromatic nitrogens is 3. The summed E-state index contributed by atoms with van der Waals surface area (Å²) in [5.74, 6) is 0. The number of nitrogens with zero attached hydrogens (tertiary/aromatic N) is 3. The van der Waals surface area contributed by atoms with E-state index in [0.717, 1.165) is 24.3 Å². The van der Waals surface area contributed by atoms with Crippen molar-refractivity contribution in [2.24, 2.45) is 0 Å². The molecule has 0 saturated heterocycles. The molecule has 0 unspecified atom stereocenters. The maximum atomic E-state index is 4.53. The van der Waals surface area contributed by atoms with Crippen molar-refractivity contribution < 1.29 is 0 Å². The van der Waals surface area contributed by atoms with Crippen LogP contribution in [0.25, 0.3) is 11.0 Å². The summed E-state index contributed by atoms with van der Waals surface area (Å²) in [5.41, 5.74) is 7.03. The van der Waals surface area contributed by atoms with E-state index < -0.39 is 0 Å². The van der Waals surface area contributed by atoms with Gasteiger partial charge in [0.25, 0.3) is 0 Å². The van der Waals surface area contributed by atoms with Gasteiger partial charge in [-0.3, -0.25) is 4.98 Å². The lowest BCUT2D eigenvalue weighted by molar-refractivity contribution is 0.781. The fourth-order valence-corrected chi connectivity index (χ4v) is 2.47. The maximum Gasteiger partial charge on any atom is 0.0962 e. The highest BCUT2D eigenvalue weighted by molar-refractivity contribution is 5.77. The van der Waals surface area contributed by atoms with E-state index >= 15 is 0 Å². The van der Waals surface area contributed by atoms with Crippen LogP contribution in [0.5, 0.6) is 0 Å². The molecule has 3 rings (SSSR count). The Hall–Kier alpha value is -2.20. The number of hydrogen-bond donors (Lipinski definition) is 1. The van der Waals surface area contributed by atoms with Crippen LogP contribution < -0.4 is 5.32 Å². The molecule has 21 heavy (non-hydrogen) atoms. The number of benzene rings is 1. The van der Waals surface area contributed by atoms with Gasteiger partial charge in [-0.05, 0) is 55.8 Å². The number of nitrogens with one attached hydrogen (secondary N) is 1. The largest absolute Gasteiger partial charge is 0.324 e. The van der Waals surface area contributed by atoms with Gasteiger partial charge in [0.05, 0.1) is 29.6 Å². The van der Waals surface area contributed by atoms with Gasteiger partial charge in [0.15, 0.2) is 0 Å². The number of rotatable bonds is 4. The van der Waals surface area contributed by atoms with Gasteiger partial charge < -0.3 is 9.88 Å². The molecular weight excluding hydrogens is 260 g/mol. The summed E-state index contributed by atoms with van der Waals surface area (Å²) in [7, 11) is 1.94. The molecule has 0 aliphatic carbocycles. The third kappa shape index (κ3) is 2.81. The molecule has 0 radical (unpaired) electrons. The molecule has 4 heteroatoms. The minimum Gasteiger partial charge on any atom is -0.324 e. The highest BCUT2D eigenvalue weighted by atomic mass is 15.0. The second-order valence-electron chi connectivity index (χ2n) is 5.49. The van der Waals surface area contributed by atoms with E-state index in [1.807, 2.05) is 19.6 Å². The topological polar surface area (TPSA) is 42.7 Å². The van der Waals surface area contributed by atoms with Crippen LogP contribution in [0.4, 0.5) is 0 Å². The number of aryl methyl sites for hydroxylation is 2. The monoisotopic (exact) mass is 280 g/mol. The van der Waals surface area contributed by atoms with Crippen molar-refractivity contribution in [1.29, 1.82) is 0 Å². The second-order valence-corrected chi connectivity index (χ2v) is 5.49. The maximum absolute atomic E-state index is 4.53. The highest BCUT2D eigenvalue weighted by Crippen LogP contribution is 2.19. The predicted octanol–water partition coefficient (Wildman–Crippen LogP) is 2.82. The van der Waals surface area contributed by atoms with Crippen LogP contribution in [0, 0.1) is 13.8 Å². The summed E-state index contributed by atoms with van der Waals surface area (Å²) in [6, 6.07) is 8.55. The van der Waals surface area contributed by atoms with Gasteiger partial charge in [-0.2, -0.15) is 0 Å². The smallest absolute Gasteiger partial charge is 0.0962 e. The van der Waals surface area contributed by atoms with Gasteiger partial charge in [-0.1, -0.05) is 6.07 Å². The molecule has 0 atom stereocenters. The number of imidazole rings is 1. The molecule has 1 N–H and O–H groups in total. The Balaban J connectivity index is 1.89. The van der Waals surface area contributed by atoms with Gasteiger partial charge in [0.1, 0.15) is 0 Å². The molecular formula is C17H20N4. The standard InChI is InChI=1S/C17H20N4/c1-12-6-16-17(7-13(12)2)21(11-20-16)10-15-5-4-14(8-18-3)9-19-15/h4-7,9,11,18H,8,10H2,1-3H3. The molecule has 108 valence electrons. The fraction of sp³-hybridized carbons (Fsp3) is 0.294. The number of fused-ring (bicyclic) bond motifs is 1. The first-order valence-corrected chi connectivity index (χ1v) is 7.18. The van der Waals surface area contributed by atoms with E-state index in [-0.39, 0.29) is 0 Å². The Bertz CT molecular complexity index is 756. The van der Waals surface area contributed by atoms with E-state index in [9.17, 15) is 0 Å². The van der Waals surface area contributed by atoms with E-state index in [4.69, 9.17) is 0 Å². The molecule has 3 aromatic rings. The van der Waals surface area contributed by atoms with Crippen molar-refractivity contribution in [3.8, 4) is 0 Å². The number of hydrogen-bond acceptors (Lipinski definition) is 3. The van der Waals surface area contributed by atoms with Crippen molar-refractivity contribution in [3.63, 3.8) is 0 Å². The van der Waals surface area contributed by atoms with Crippen molar-refractivity contribution in [2.45, 2.75) is 26.9 Å². The molecule has 1 aromatic carbocycles. The quantitative estimate of drug-likeness (QED) is 0.799. The summed E-state index contributed by atoms with van der Waals surface area (Å²) < 4.78 is 2.15. The third-order valence-electron chi connectivity index (χ3n) is 3.84. The highest BCUT2D eigenvalue weighted by Gasteiger charge is 2.06. The Morgan fingerprint density at radius 1 is 1.10 bits per heavy atom. The summed E-state index contributed by atoms with van der Waals surface area (Å²) in [6.07, 6.45) is 3.83. The Labute approximate surface area is 124 Å². The van der Waals surface area contributed by atoms with E-state index in [0.29, 0.717) is 0 Å². The van der Waals surface area contributed by atoms with Crippen molar-refractivity contribution in [1.82, 2.24) is 19.9 Å². The lowest BCUT2D eigenvalue weighted by atomic mass is 10.1. The molecule has 0 saturated carbocycles. The van der Waals surface area contributed by atoms with Crippen LogP contribution >= 0.6 is 0 Å². The average Bonchev–Trinajstić information content (AvgIpc) is 2.84. The summed E-state index contributed by atoms with van der Waals surface area (Å²) >= 11 is 0. The van der Waals surface area contributed by atoms with Gasteiger partial charge in [-0.15, -0.1) is 0 Å². The molecule has 2 aromatic heterocycles. The molecule has 0 aliphatic heterocycles. The first kappa shape index (κ1) is 13.8. The molecule has 2 heterocycles. The number of pyridine rings is 1. The normalized spacial score (nSPS) is 11.2. The average molecular weight is 280 g/mol. The predicted molar refractivity (Wildman–Crippen MR) is 85.3 cm³/mol. The summed E-state index contributed by atoms with van der Waals surface area (Å²) in [6.45, 7) is 5.85. The van der Waals surface area contributed by atoms with Crippen LogP contribution in [0.2, 0.25) is 0 Å². The SMILES string of the molecule is CNCc1ccc(Cn2cnc3cc(C)c(C)cc32)nc1. The Morgan fingerprint density at radius 3 is 2.62 bits per heavy atom. The minimum atomic E-state index is 0.749. The molecule has 4 nitrogen and oxygen atoms in total. The van der Waals surface area contributed by atoms with Crippen LogP contribution in [-0.4, -0.2) is 21.6 Å². The van der Waals surface area contributed by atoms with E-state index in [2.05, 4.69) is 58.0 Å². The van der Waals surface area contributed by atoms with Crippen LogP contribution in [-0.2, 0) is 13.1 Å². The second kappa shape index (κ2) is 5.66. The molecule has 0 amide bonds. The lowest BCUT2D eigenvalue weighted by Gasteiger charge is -2.07. The van der Waals surface area contributed by atoms with Crippen LogP contribution in [0.3, 0.4) is 0 Å². The molecule has 0 fully saturated rings. The fourth-order valence-electron chi connectivity index (χ4n) is 2.47. The van der Waals surface area contributed by atoms with Gasteiger partial charge in [0.2, 0.25) is 0 Å². The zero-order valence-electron chi connectivity index (χ0n) is 12.7. The van der Waals surface area contributed by atoms with Crippen LogP contribution in [0.1, 0.15) is 22.4 Å². The third-order valence-corrected chi connectivity index (χ3v) is 3.84. The van der Waals surface area contributed by atoms with Crippen molar-refractivity contribution >= 4 is 11.0 Å². The first-order chi connectivity index (χ1) is 10.2. The molecule has 0 bridgehead atoms. The van der Waals surface area contributed by atoms with E-state index in [1.165, 1.54) is 22.2 Å². The zero-order valence-corrected chi connectivity index (χ0v) is 12.7. The summed E-state index contributed by atoms with van der Waals surface area (Å²) in [4.78, 5) is 9.02. The van der Waals surface area contributed by atoms with Crippen LogP contribution in [0.15, 0.2) is 36.8 Å². The molecule has 0 aliphatic rings. The minimum absolute atomic E-state index is 0.749. The summed E-state index contributed by atoms with van der Waals surface area (Å²) in [5, 5.41) is 3.13. The van der Waals surface area contributed by atoms with Gasteiger partial charge in [-0.25, -0.2) is 4.98 Å². The van der Waals surface area contributed by atoms with Gasteiger partial charge in [0, 0.05) is 12.7 Å². The molecule has 0 spiro atoms. The van der Waals surface area contributed by atoms with E-state index in [1.54, 1.807) is 0 Å². The Morgan fingerprint density at radius 2 is 1.90 bits per heavy atom. The first-order valence-electron chi connectivity index (χ1n) is 7.18. The van der Waals surface area contributed by atoms with Crippen molar-refractivity contribution in [3.05, 3.63) is 59.2 Å². The zero-order chi connectivity index (χ0) is 14.8. The van der Waals surface area contributed by atoms with Gasteiger partial charge >= 0.3 is 0 Å².